The molecule has 3 heterocycles. The van der Waals surface area contributed by atoms with Gasteiger partial charge in [-0.3, -0.25) is 14.4 Å². The third-order valence-corrected chi connectivity index (χ3v) is 4.32. The Kier molecular flexibility index (Phi) is 4.26. The number of fused-ring (bicyclic) bond motifs is 1. The van der Waals surface area contributed by atoms with Gasteiger partial charge in [-0.15, -0.1) is 0 Å². The first kappa shape index (κ1) is 14.5. The SMILES string of the molecule is CC(C)n1ccc(CC(=O)N2CCN3CCOCC3C2)n1. The fourth-order valence-corrected chi connectivity index (χ4v) is 3.00. The minimum Gasteiger partial charge on any atom is -0.378 e. The lowest BCUT2D eigenvalue weighted by atomic mass is 10.1. The lowest BCUT2D eigenvalue weighted by Crippen LogP contribution is -2.59. The third-order valence-electron chi connectivity index (χ3n) is 4.32. The second-order valence-electron chi connectivity index (χ2n) is 6.16. The molecule has 21 heavy (non-hydrogen) atoms. The van der Waals surface area contributed by atoms with E-state index in [0.29, 0.717) is 18.5 Å². The second kappa shape index (κ2) is 6.15. The van der Waals surface area contributed by atoms with Gasteiger partial charge in [-0.2, -0.15) is 5.10 Å². The van der Waals surface area contributed by atoms with Gasteiger partial charge < -0.3 is 9.64 Å². The van der Waals surface area contributed by atoms with Crippen LogP contribution in [0.4, 0.5) is 0 Å². The number of nitrogens with zero attached hydrogens (tertiary/aromatic N) is 4. The lowest BCUT2D eigenvalue weighted by molar-refractivity contribution is -0.136. The molecule has 0 aliphatic carbocycles. The molecule has 1 aromatic heterocycles. The van der Waals surface area contributed by atoms with Crippen molar-refractivity contribution in [2.45, 2.75) is 32.4 Å². The summed E-state index contributed by atoms with van der Waals surface area (Å²) >= 11 is 0. The summed E-state index contributed by atoms with van der Waals surface area (Å²) in [4.78, 5) is 16.8. The zero-order valence-electron chi connectivity index (χ0n) is 12.9. The highest BCUT2D eigenvalue weighted by atomic mass is 16.5. The Balaban J connectivity index is 1.57. The lowest BCUT2D eigenvalue weighted by Gasteiger charge is -2.43. The Morgan fingerprint density at radius 3 is 3.05 bits per heavy atom. The van der Waals surface area contributed by atoms with Crippen molar-refractivity contribution in [3.05, 3.63) is 18.0 Å². The standard InChI is InChI=1S/C15H24N4O2/c1-12(2)19-4-3-13(16-19)9-15(20)18-6-5-17-7-8-21-11-14(17)10-18/h3-4,12,14H,5-11H2,1-2H3. The summed E-state index contributed by atoms with van der Waals surface area (Å²) in [5.41, 5.74) is 0.857. The maximum Gasteiger partial charge on any atom is 0.228 e. The van der Waals surface area contributed by atoms with Crippen molar-refractivity contribution in [3.8, 4) is 0 Å². The highest BCUT2D eigenvalue weighted by Crippen LogP contribution is 2.15. The Labute approximate surface area is 125 Å². The Morgan fingerprint density at radius 2 is 2.29 bits per heavy atom. The number of piperazine rings is 1. The van der Waals surface area contributed by atoms with Crippen LogP contribution in [0.25, 0.3) is 0 Å². The number of amides is 1. The van der Waals surface area contributed by atoms with E-state index >= 15 is 0 Å². The Bertz CT molecular complexity index is 500. The van der Waals surface area contributed by atoms with Crippen LogP contribution in [-0.2, 0) is 16.0 Å². The van der Waals surface area contributed by atoms with Crippen LogP contribution in [-0.4, -0.2) is 70.9 Å². The van der Waals surface area contributed by atoms with Crippen molar-refractivity contribution in [2.75, 3.05) is 39.4 Å². The van der Waals surface area contributed by atoms with Crippen molar-refractivity contribution < 1.29 is 9.53 Å². The molecule has 2 saturated heterocycles. The number of hydrogen-bond donors (Lipinski definition) is 0. The fourth-order valence-electron chi connectivity index (χ4n) is 3.00. The van der Waals surface area contributed by atoms with Gasteiger partial charge >= 0.3 is 0 Å². The molecule has 3 rings (SSSR count). The maximum absolute atomic E-state index is 12.4. The average molecular weight is 292 g/mol. The predicted octanol–water partition coefficient (Wildman–Crippen LogP) is 0.550. The Morgan fingerprint density at radius 1 is 1.43 bits per heavy atom. The number of rotatable bonds is 3. The van der Waals surface area contributed by atoms with Gasteiger partial charge in [0.15, 0.2) is 0 Å². The molecule has 0 radical (unpaired) electrons. The minimum absolute atomic E-state index is 0.175. The van der Waals surface area contributed by atoms with Gasteiger partial charge in [-0.05, 0) is 19.9 Å². The molecule has 116 valence electrons. The fraction of sp³-hybridized carbons (Fsp3) is 0.733. The molecule has 2 fully saturated rings. The number of morpholine rings is 1. The van der Waals surface area contributed by atoms with E-state index in [9.17, 15) is 4.79 Å². The van der Waals surface area contributed by atoms with Crippen LogP contribution in [0, 0.1) is 0 Å². The average Bonchev–Trinajstić information content (AvgIpc) is 2.95. The second-order valence-corrected chi connectivity index (χ2v) is 6.16. The summed E-state index contributed by atoms with van der Waals surface area (Å²) in [7, 11) is 0. The normalized spacial score (nSPS) is 23.4. The van der Waals surface area contributed by atoms with Gasteiger partial charge in [0.1, 0.15) is 0 Å². The zero-order valence-corrected chi connectivity index (χ0v) is 12.9. The van der Waals surface area contributed by atoms with E-state index in [4.69, 9.17) is 4.74 Å². The van der Waals surface area contributed by atoms with Crippen LogP contribution in [0.1, 0.15) is 25.6 Å². The molecule has 0 bridgehead atoms. The molecule has 0 spiro atoms. The molecule has 6 nitrogen and oxygen atoms in total. The monoisotopic (exact) mass is 292 g/mol. The molecule has 6 heteroatoms. The molecular weight excluding hydrogens is 268 g/mol. The van der Waals surface area contributed by atoms with Crippen LogP contribution in [0.2, 0.25) is 0 Å². The number of aromatic nitrogens is 2. The predicted molar refractivity (Wildman–Crippen MR) is 79.1 cm³/mol. The summed E-state index contributed by atoms with van der Waals surface area (Å²) in [5, 5.41) is 4.46. The zero-order chi connectivity index (χ0) is 14.8. The van der Waals surface area contributed by atoms with Gasteiger partial charge in [-0.1, -0.05) is 0 Å². The first-order chi connectivity index (χ1) is 10.1. The number of carbonyl (C=O) groups excluding carboxylic acids is 1. The summed E-state index contributed by atoms with van der Waals surface area (Å²) in [5.74, 6) is 0.175. The van der Waals surface area contributed by atoms with Gasteiger partial charge in [0, 0.05) is 38.4 Å². The molecule has 1 atom stereocenters. The van der Waals surface area contributed by atoms with Crippen molar-refractivity contribution in [3.63, 3.8) is 0 Å². The number of carbonyl (C=O) groups is 1. The smallest absolute Gasteiger partial charge is 0.228 e. The van der Waals surface area contributed by atoms with Crippen LogP contribution in [0.5, 0.6) is 0 Å². The molecule has 1 aromatic rings. The maximum atomic E-state index is 12.4. The van der Waals surface area contributed by atoms with E-state index in [-0.39, 0.29) is 5.91 Å². The topological polar surface area (TPSA) is 50.6 Å². The van der Waals surface area contributed by atoms with Crippen LogP contribution < -0.4 is 0 Å². The highest BCUT2D eigenvalue weighted by Gasteiger charge is 2.31. The first-order valence-corrected chi connectivity index (χ1v) is 7.77. The van der Waals surface area contributed by atoms with Gasteiger partial charge in [0.25, 0.3) is 0 Å². The third kappa shape index (κ3) is 3.27. The molecule has 0 saturated carbocycles. The summed E-state index contributed by atoms with van der Waals surface area (Å²) < 4.78 is 7.42. The summed E-state index contributed by atoms with van der Waals surface area (Å²) in [6, 6.07) is 2.64. The number of ether oxygens (including phenoxy) is 1. The summed E-state index contributed by atoms with van der Waals surface area (Å²) in [6.45, 7) is 9.28. The van der Waals surface area contributed by atoms with Crippen LogP contribution in [0.15, 0.2) is 12.3 Å². The minimum atomic E-state index is 0.175. The van der Waals surface area contributed by atoms with Crippen molar-refractivity contribution in [2.24, 2.45) is 0 Å². The van der Waals surface area contributed by atoms with E-state index in [1.807, 2.05) is 21.8 Å². The molecule has 1 unspecified atom stereocenters. The molecular formula is C15H24N4O2. The molecule has 1 amide bonds. The van der Waals surface area contributed by atoms with Gasteiger partial charge in [0.05, 0.1) is 31.4 Å². The highest BCUT2D eigenvalue weighted by molar-refractivity contribution is 5.78. The molecule has 0 aromatic carbocycles. The van der Waals surface area contributed by atoms with Crippen molar-refractivity contribution >= 4 is 5.91 Å². The first-order valence-electron chi connectivity index (χ1n) is 7.77. The van der Waals surface area contributed by atoms with Crippen LogP contribution in [0.3, 0.4) is 0 Å². The van der Waals surface area contributed by atoms with E-state index in [0.717, 1.165) is 45.1 Å². The van der Waals surface area contributed by atoms with Crippen molar-refractivity contribution in [1.82, 2.24) is 19.6 Å². The van der Waals surface area contributed by atoms with Crippen molar-refractivity contribution in [1.29, 1.82) is 0 Å². The molecule has 0 N–H and O–H groups in total. The van der Waals surface area contributed by atoms with E-state index in [1.165, 1.54) is 0 Å². The van der Waals surface area contributed by atoms with Gasteiger partial charge in [0.2, 0.25) is 5.91 Å². The molecule has 2 aliphatic heterocycles. The van der Waals surface area contributed by atoms with Gasteiger partial charge in [-0.25, -0.2) is 0 Å². The van der Waals surface area contributed by atoms with Crippen LogP contribution >= 0.6 is 0 Å². The largest absolute Gasteiger partial charge is 0.378 e. The Hall–Kier alpha value is -1.40. The van der Waals surface area contributed by atoms with E-state index in [2.05, 4.69) is 23.8 Å². The van der Waals surface area contributed by atoms with E-state index < -0.39 is 0 Å². The quantitative estimate of drug-likeness (QED) is 0.816. The molecule has 2 aliphatic rings. The summed E-state index contributed by atoms with van der Waals surface area (Å²) in [6.07, 6.45) is 2.34. The van der Waals surface area contributed by atoms with E-state index in [1.54, 1.807) is 0 Å². The number of hydrogen-bond acceptors (Lipinski definition) is 4.